The number of aromatic nitrogens is 1. The van der Waals surface area contributed by atoms with Gasteiger partial charge in [-0.3, -0.25) is 9.59 Å². The number of amides is 1. The summed E-state index contributed by atoms with van der Waals surface area (Å²) in [5.41, 5.74) is -1.40. The molecular formula is C25H24ClF3N2O3. The number of carboxylic acid groups (broad SMARTS) is 1. The zero-order valence-electron chi connectivity index (χ0n) is 18.9. The Morgan fingerprint density at radius 3 is 2.15 bits per heavy atom. The van der Waals surface area contributed by atoms with Crippen LogP contribution in [0.15, 0.2) is 60.7 Å². The van der Waals surface area contributed by atoms with E-state index in [9.17, 15) is 27.9 Å². The fourth-order valence-corrected chi connectivity index (χ4v) is 3.83. The Balaban J connectivity index is 2.22. The van der Waals surface area contributed by atoms with Crippen LogP contribution in [0.3, 0.4) is 0 Å². The molecule has 1 aromatic heterocycles. The number of rotatable bonds is 7. The molecule has 0 spiro atoms. The quantitative estimate of drug-likeness (QED) is 0.436. The van der Waals surface area contributed by atoms with Gasteiger partial charge in [0.2, 0.25) is 0 Å². The van der Waals surface area contributed by atoms with E-state index in [1.165, 1.54) is 33.0 Å². The molecule has 0 fully saturated rings. The highest BCUT2D eigenvalue weighted by Crippen LogP contribution is 2.38. The number of hydrogen-bond acceptors (Lipinski definition) is 2. The highest BCUT2D eigenvalue weighted by atomic mass is 35.5. The minimum atomic E-state index is -4.73. The molecule has 0 aliphatic rings. The summed E-state index contributed by atoms with van der Waals surface area (Å²) in [5.74, 6) is -1.84. The first kappa shape index (κ1) is 25.4. The maximum absolute atomic E-state index is 14.1. The minimum absolute atomic E-state index is 0.0879. The average molecular weight is 493 g/mol. The van der Waals surface area contributed by atoms with E-state index in [0.29, 0.717) is 16.1 Å². The van der Waals surface area contributed by atoms with Crippen LogP contribution in [-0.2, 0) is 17.5 Å². The van der Waals surface area contributed by atoms with Crippen molar-refractivity contribution >= 4 is 23.5 Å². The summed E-state index contributed by atoms with van der Waals surface area (Å²) in [6.07, 6.45) is -4.73. The molecule has 3 rings (SSSR count). The van der Waals surface area contributed by atoms with Crippen LogP contribution >= 0.6 is 11.6 Å². The number of aliphatic carboxylic acids is 1. The molecular weight excluding hydrogens is 469 g/mol. The van der Waals surface area contributed by atoms with Gasteiger partial charge in [0, 0.05) is 30.7 Å². The molecule has 0 saturated carbocycles. The summed E-state index contributed by atoms with van der Waals surface area (Å²) in [4.78, 5) is 26.3. The zero-order chi connectivity index (χ0) is 25.3. The lowest BCUT2D eigenvalue weighted by molar-refractivity contribution is -0.147. The number of carbonyl (C=O) groups is 2. The molecule has 34 heavy (non-hydrogen) atoms. The number of alkyl halides is 3. The van der Waals surface area contributed by atoms with Crippen molar-refractivity contribution in [2.24, 2.45) is 5.41 Å². The number of hydrogen-bond donors (Lipinski definition) is 1. The highest BCUT2D eigenvalue weighted by molar-refractivity contribution is 6.30. The average Bonchev–Trinajstić information content (AvgIpc) is 3.13. The third-order valence-electron chi connectivity index (χ3n) is 5.49. The van der Waals surface area contributed by atoms with Gasteiger partial charge in [0.25, 0.3) is 5.91 Å². The third-order valence-corrected chi connectivity index (χ3v) is 5.74. The number of halogens is 4. The monoisotopic (exact) mass is 492 g/mol. The van der Waals surface area contributed by atoms with Gasteiger partial charge < -0.3 is 14.6 Å². The van der Waals surface area contributed by atoms with Crippen LogP contribution in [0.2, 0.25) is 5.02 Å². The van der Waals surface area contributed by atoms with E-state index in [-0.39, 0.29) is 24.3 Å². The fraction of sp³-hybridized carbons (Fsp3) is 0.280. The summed E-state index contributed by atoms with van der Waals surface area (Å²) in [5, 5.41) is 9.86. The first-order chi connectivity index (χ1) is 15.8. The Hall–Kier alpha value is -3.26. The second-order valence-electron chi connectivity index (χ2n) is 8.72. The molecule has 180 valence electrons. The number of nitrogens with zero attached hydrogens (tertiary/aromatic N) is 2. The largest absolute Gasteiger partial charge is 0.481 e. The van der Waals surface area contributed by atoms with E-state index in [1.54, 1.807) is 42.5 Å². The summed E-state index contributed by atoms with van der Waals surface area (Å²) in [6.45, 7) is 2.51. The van der Waals surface area contributed by atoms with Crippen LogP contribution in [0.4, 0.5) is 13.2 Å². The molecule has 0 saturated heterocycles. The van der Waals surface area contributed by atoms with Gasteiger partial charge in [0.15, 0.2) is 0 Å². The Morgan fingerprint density at radius 1 is 1.03 bits per heavy atom. The zero-order valence-corrected chi connectivity index (χ0v) is 19.6. The standard InChI is InChI=1S/C25H24ClF3N2O3/c1-24(2,23(33)34)15-30(3)22(32)21-19(17-9-11-18(26)12-10-17)13-20(25(27,28)29)31(21)14-16-7-5-4-6-8-16/h4-13H,14-15H2,1-3H3,(H,33,34). The SMILES string of the molecule is CN(CC(C)(C)C(=O)O)C(=O)c1c(-c2ccc(Cl)cc2)cc(C(F)(F)F)n1Cc1ccccc1. The van der Waals surface area contributed by atoms with Gasteiger partial charge >= 0.3 is 12.1 Å². The summed E-state index contributed by atoms with van der Waals surface area (Å²) >= 11 is 5.95. The van der Waals surface area contributed by atoms with E-state index in [1.807, 2.05) is 0 Å². The summed E-state index contributed by atoms with van der Waals surface area (Å²) < 4.78 is 43.3. The molecule has 0 radical (unpaired) electrons. The number of benzene rings is 2. The van der Waals surface area contributed by atoms with E-state index in [0.717, 1.165) is 15.5 Å². The molecule has 9 heteroatoms. The lowest BCUT2D eigenvalue weighted by Crippen LogP contribution is -2.41. The van der Waals surface area contributed by atoms with E-state index in [4.69, 9.17) is 11.6 Å². The summed E-state index contributed by atoms with van der Waals surface area (Å²) in [6, 6.07) is 15.6. The second kappa shape index (κ2) is 9.54. The molecule has 1 heterocycles. The van der Waals surface area contributed by atoms with Crippen molar-refractivity contribution in [1.29, 1.82) is 0 Å². The fourth-order valence-electron chi connectivity index (χ4n) is 3.71. The Labute approximate surface area is 200 Å². The molecule has 1 N–H and O–H groups in total. The van der Waals surface area contributed by atoms with Crippen LogP contribution in [0.25, 0.3) is 11.1 Å². The van der Waals surface area contributed by atoms with Gasteiger partial charge in [-0.25, -0.2) is 0 Å². The molecule has 5 nitrogen and oxygen atoms in total. The molecule has 0 bridgehead atoms. The minimum Gasteiger partial charge on any atom is -0.481 e. The maximum atomic E-state index is 14.1. The molecule has 0 aliphatic heterocycles. The lowest BCUT2D eigenvalue weighted by Gasteiger charge is -2.27. The molecule has 0 aliphatic carbocycles. The normalized spacial score (nSPS) is 12.0. The van der Waals surface area contributed by atoms with Gasteiger partial charge in [0.1, 0.15) is 11.4 Å². The molecule has 2 aromatic carbocycles. The van der Waals surface area contributed by atoms with Gasteiger partial charge in [0.05, 0.1) is 5.41 Å². The van der Waals surface area contributed by atoms with E-state index in [2.05, 4.69) is 0 Å². The van der Waals surface area contributed by atoms with E-state index < -0.39 is 29.2 Å². The van der Waals surface area contributed by atoms with Crippen LogP contribution in [0, 0.1) is 5.41 Å². The lowest BCUT2D eigenvalue weighted by atomic mass is 9.93. The highest BCUT2D eigenvalue weighted by Gasteiger charge is 2.39. The van der Waals surface area contributed by atoms with Gasteiger partial charge in [-0.05, 0) is 43.2 Å². The van der Waals surface area contributed by atoms with Crippen LogP contribution in [0.5, 0.6) is 0 Å². The predicted molar refractivity (Wildman–Crippen MR) is 124 cm³/mol. The first-order valence-electron chi connectivity index (χ1n) is 10.4. The van der Waals surface area contributed by atoms with Crippen molar-refractivity contribution in [2.75, 3.05) is 13.6 Å². The number of carboxylic acids is 1. The Kier molecular flexibility index (Phi) is 7.12. The van der Waals surface area contributed by atoms with Crippen molar-refractivity contribution < 1.29 is 27.9 Å². The van der Waals surface area contributed by atoms with Crippen LogP contribution < -0.4 is 0 Å². The van der Waals surface area contributed by atoms with Crippen LogP contribution in [0.1, 0.15) is 35.6 Å². The molecule has 0 unspecified atom stereocenters. The molecule has 1 amide bonds. The van der Waals surface area contributed by atoms with Crippen molar-refractivity contribution in [3.63, 3.8) is 0 Å². The Bertz CT molecular complexity index is 1190. The summed E-state index contributed by atoms with van der Waals surface area (Å²) in [7, 11) is 1.38. The smallest absolute Gasteiger partial charge is 0.431 e. The van der Waals surface area contributed by atoms with Crippen molar-refractivity contribution in [2.45, 2.75) is 26.6 Å². The van der Waals surface area contributed by atoms with Crippen molar-refractivity contribution in [3.05, 3.63) is 82.6 Å². The predicted octanol–water partition coefficient (Wildman–Crippen LogP) is 6.06. The number of carbonyl (C=O) groups excluding carboxylic acids is 1. The van der Waals surface area contributed by atoms with Gasteiger partial charge in [-0.1, -0.05) is 54.1 Å². The molecule has 0 atom stereocenters. The second-order valence-corrected chi connectivity index (χ2v) is 9.15. The van der Waals surface area contributed by atoms with Crippen molar-refractivity contribution in [3.8, 4) is 11.1 Å². The van der Waals surface area contributed by atoms with Gasteiger partial charge in [-0.15, -0.1) is 0 Å². The van der Waals surface area contributed by atoms with Crippen molar-refractivity contribution in [1.82, 2.24) is 9.47 Å². The van der Waals surface area contributed by atoms with Gasteiger partial charge in [-0.2, -0.15) is 13.2 Å². The van der Waals surface area contributed by atoms with Crippen LogP contribution in [-0.4, -0.2) is 40.0 Å². The Morgan fingerprint density at radius 2 is 1.62 bits per heavy atom. The first-order valence-corrected chi connectivity index (χ1v) is 10.8. The topological polar surface area (TPSA) is 62.5 Å². The maximum Gasteiger partial charge on any atom is 0.431 e. The third kappa shape index (κ3) is 5.44. The van der Waals surface area contributed by atoms with E-state index >= 15 is 0 Å². The molecule has 3 aromatic rings.